The largest absolute Gasteiger partial charge is 0.496 e. The first kappa shape index (κ1) is 13.9. The molecule has 0 aliphatic carbocycles. The van der Waals surface area contributed by atoms with E-state index in [1.165, 1.54) is 0 Å². The van der Waals surface area contributed by atoms with Crippen molar-refractivity contribution < 1.29 is 14.6 Å². The van der Waals surface area contributed by atoms with E-state index in [2.05, 4.69) is 6.07 Å². The lowest BCUT2D eigenvalue weighted by Gasteiger charge is -2.16. The molecule has 2 aromatic carbocycles. The molecule has 0 amide bonds. The standard InChI is InChI=1S/C16H15NO3/c1-11(18)16-14(19-2)7-4-8-15(16)20-13-6-3-5-12(9-13)10-17/h3-9,11,18H,1-2H3. The van der Waals surface area contributed by atoms with Gasteiger partial charge in [-0.3, -0.25) is 0 Å². The highest BCUT2D eigenvalue weighted by Crippen LogP contribution is 2.36. The maximum Gasteiger partial charge on any atom is 0.136 e. The predicted octanol–water partition coefficient (Wildman–Crippen LogP) is 3.41. The molecule has 20 heavy (non-hydrogen) atoms. The van der Waals surface area contributed by atoms with Crippen LogP contribution in [-0.4, -0.2) is 12.2 Å². The Bertz CT molecular complexity index is 644. The van der Waals surface area contributed by atoms with Crippen molar-refractivity contribution in [2.45, 2.75) is 13.0 Å². The van der Waals surface area contributed by atoms with Crippen molar-refractivity contribution in [2.24, 2.45) is 0 Å². The van der Waals surface area contributed by atoms with Gasteiger partial charge in [0.1, 0.15) is 17.2 Å². The van der Waals surface area contributed by atoms with Crippen LogP contribution in [0.3, 0.4) is 0 Å². The molecule has 1 atom stereocenters. The molecule has 0 saturated heterocycles. The summed E-state index contributed by atoms with van der Waals surface area (Å²) in [5.41, 5.74) is 1.10. The lowest BCUT2D eigenvalue weighted by Crippen LogP contribution is -2.00. The molecule has 0 aliphatic rings. The average molecular weight is 269 g/mol. The Labute approximate surface area is 117 Å². The molecular weight excluding hydrogens is 254 g/mol. The average Bonchev–Trinajstić information content (AvgIpc) is 2.46. The van der Waals surface area contributed by atoms with E-state index < -0.39 is 6.10 Å². The molecule has 1 N–H and O–H groups in total. The van der Waals surface area contributed by atoms with Crippen LogP contribution in [0.4, 0.5) is 0 Å². The maximum atomic E-state index is 9.88. The number of methoxy groups -OCH3 is 1. The van der Waals surface area contributed by atoms with Crippen LogP contribution in [-0.2, 0) is 0 Å². The number of nitrogens with zero attached hydrogens (tertiary/aromatic N) is 1. The van der Waals surface area contributed by atoms with E-state index in [4.69, 9.17) is 14.7 Å². The third-order valence-electron chi connectivity index (χ3n) is 2.85. The van der Waals surface area contributed by atoms with Crippen LogP contribution < -0.4 is 9.47 Å². The summed E-state index contributed by atoms with van der Waals surface area (Å²) in [5, 5.41) is 18.8. The van der Waals surface area contributed by atoms with Gasteiger partial charge in [-0.15, -0.1) is 0 Å². The van der Waals surface area contributed by atoms with Crippen LogP contribution in [0.15, 0.2) is 42.5 Å². The minimum atomic E-state index is -0.722. The van der Waals surface area contributed by atoms with Gasteiger partial charge in [0.25, 0.3) is 0 Å². The van der Waals surface area contributed by atoms with E-state index in [9.17, 15) is 5.11 Å². The molecule has 2 rings (SSSR count). The number of rotatable bonds is 4. The number of hydrogen-bond acceptors (Lipinski definition) is 4. The third-order valence-corrected chi connectivity index (χ3v) is 2.85. The second-order valence-electron chi connectivity index (χ2n) is 4.29. The van der Waals surface area contributed by atoms with E-state index in [0.29, 0.717) is 28.4 Å². The quantitative estimate of drug-likeness (QED) is 0.923. The molecule has 1 unspecified atom stereocenters. The van der Waals surface area contributed by atoms with Crippen molar-refractivity contribution in [3.63, 3.8) is 0 Å². The summed E-state index contributed by atoms with van der Waals surface area (Å²) < 4.78 is 11.0. The molecule has 0 saturated carbocycles. The van der Waals surface area contributed by atoms with Gasteiger partial charge in [-0.2, -0.15) is 5.26 Å². The van der Waals surface area contributed by atoms with Gasteiger partial charge in [-0.1, -0.05) is 12.1 Å². The Hall–Kier alpha value is -2.51. The molecule has 2 aromatic rings. The fraction of sp³-hybridized carbons (Fsp3) is 0.188. The van der Waals surface area contributed by atoms with Crippen molar-refractivity contribution in [3.8, 4) is 23.3 Å². The SMILES string of the molecule is COc1cccc(Oc2cccc(C#N)c2)c1C(C)O. The predicted molar refractivity (Wildman–Crippen MR) is 74.9 cm³/mol. The van der Waals surface area contributed by atoms with E-state index in [1.807, 2.05) is 0 Å². The van der Waals surface area contributed by atoms with Crippen LogP contribution in [0.2, 0.25) is 0 Å². The van der Waals surface area contributed by atoms with Gasteiger partial charge in [0.2, 0.25) is 0 Å². The van der Waals surface area contributed by atoms with E-state index in [0.717, 1.165) is 0 Å². The van der Waals surface area contributed by atoms with Crippen LogP contribution in [0.25, 0.3) is 0 Å². The minimum absolute atomic E-state index is 0.509. The normalized spacial score (nSPS) is 11.5. The van der Waals surface area contributed by atoms with Gasteiger partial charge < -0.3 is 14.6 Å². The number of benzene rings is 2. The molecule has 4 heteroatoms. The summed E-state index contributed by atoms with van der Waals surface area (Å²) in [6.45, 7) is 1.65. The Morgan fingerprint density at radius 1 is 1.15 bits per heavy atom. The van der Waals surface area contributed by atoms with Crippen LogP contribution in [0, 0.1) is 11.3 Å². The van der Waals surface area contributed by atoms with Gasteiger partial charge in [0.15, 0.2) is 0 Å². The van der Waals surface area contributed by atoms with Crippen molar-refractivity contribution in [1.82, 2.24) is 0 Å². The highest BCUT2D eigenvalue weighted by Gasteiger charge is 2.15. The van der Waals surface area contributed by atoms with Gasteiger partial charge in [-0.05, 0) is 37.3 Å². The Balaban J connectivity index is 2.40. The molecular formula is C16H15NO3. The highest BCUT2D eigenvalue weighted by molar-refractivity contribution is 5.48. The summed E-state index contributed by atoms with van der Waals surface area (Å²) in [6, 6.07) is 14.2. The Morgan fingerprint density at radius 3 is 2.50 bits per heavy atom. The van der Waals surface area contributed by atoms with Crippen LogP contribution in [0.5, 0.6) is 17.2 Å². The monoisotopic (exact) mass is 269 g/mol. The zero-order chi connectivity index (χ0) is 14.5. The van der Waals surface area contributed by atoms with Gasteiger partial charge in [0, 0.05) is 0 Å². The highest BCUT2D eigenvalue weighted by atomic mass is 16.5. The lowest BCUT2D eigenvalue weighted by molar-refractivity contribution is 0.190. The first-order valence-electron chi connectivity index (χ1n) is 6.18. The first-order chi connectivity index (χ1) is 9.65. The fourth-order valence-electron chi connectivity index (χ4n) is 1.96. The minimum Gasteiger partial charge on any atom is -0.496 e. The second kappa shape index (κ2) is 6.09. The van der Waals surface area contributed by atoms with Gasteiger partial charge in [-0.25, -0.2) is 0 Å². The molecule has 0 spiro atoms. The van der Waals surface area contributed by atoms with Crippen molar-refractivity contribution in [2.75, 3.05) is 7.11 Å². The summed E-state index contributed by atoms with van der Waals surface area (Å²) >= 11 is 0. The van der Waals surface area contributed by atoms with E-state index in [-0.39, 0.29) is 0 Å². The number of aliphatic hydroxyl groups is 1. The van der Waals surface area contributed by atoms with Crippen molar-refractivity contribution in [3.05, 3.63) is 53.6 Å². The van der Waals surface area contributed by atoms with Gasteiger partial charge >= 0.3 is 0 Å². The van der Waals surface area contributed by atoms with E-state index in [1.54, 1.807) is 56.5 Å². The second-order valence-corrected chi connectivity index (χ2v) is 4.29. The molecule has 0 heterocycles. The van der Waals surface area contributed by atoms with Crippen molar-refractivity contribution in [1.29, 1.82) is 5.26 Å². The summed E-state index contributed by atoms with van der Waals surface area (Å²) in [4.78, 5) is 0. The number of aliphatic hydroxyl groups excluding tert-OH is 1. The third kappa shape index (κ3) is 2.90. The molecule has 0 aromatic heterocycles. The molecule has 0 aliphatic heterocycles. The summed E-state index contributed by atoms with van der Waals surface area (Å²) in [6.07, 6.45) is -0.722. The topological polar surface area (TPSA) is 62.5 Å². The van der Waals surface area contributed by atoms with Crippen LogP contribution in [0.1, 0.15) is 24.2 Å². The number of nitriles is 1. The Kier molecular flexibility index (Phi) is 4.24. The number of ether oxygens (including phenoxy) is 2. The molecule has 4 nitrogen and oxygen atoms in total. The summed E-state index contributed by atoms with van der Waals surface area (Å²) in [7, 11) is 1.54. The fourth-order valence-corrected chi connectivity index (χ4v) is 1.96. The summed E-state index contributed by atoms with van der Waals surface area (Å²) in [5.74, 6) is 1.61. The first-order valence-corrected chi connectivity index (χ1v) is 6.18. The molecule has 0 fully saturated rings. The van der Waals surface area contributed by atoms with Gasteiger partial charge in [0.05, 0.1) is 30.4 Å². The lowest BCUT2D eigenvalue weighted by atomic mass is 10.1. The smallest absolute Gasteiger partial charge is 0.136 e. The Morgan fingerprint density at radius 2 is 1.85 bits per heavy atom. The number of hydrogen-bond donors (Lipinski definition) is 1. The zero-order valence-corrected chi connectivity index (χ0v) is 11.3. The molecule has 102 valence electrons. The molecule has 0 radical (unpaired) electrons. The zero-order valence-electron chi connectivity index (χ0n) is 11.3. The van der Waals surface area contributed by atoms with E-state index >= 15 is 0 Å². The molecule has 0 bridgehead atoms. The van der Waals surface area contributed by atoms with Crippen LogP contribution >= 0.6 is 0 Å². The van der Waals surface area contributed by atoms with Crippen molar-refractivity contribution >= 4 is 0 Å². The maximum absolute atomic E-state index is 9.88.